The number of nitrogens with one attached hydrogen (secondary N) is 1. The molecule has 3 nitrogen and oxygen atoms in total. The van der Waals surface area contributed by atoms with Crippen LogP contribution >= 0.6 is 0 Å². The molecule has 3 heteroatoms. The molecule has 0 aromatic rings. The third kappa shape index (κ3) is 1.61. The maximum atomic E-state index is 10.5. The first-order chi connectivity index (χ1) is 7.21. The second-order valence-electron chi connectivity index (χ2n) is 5.92. The molecule has 1 spiro atoms. The van der Waals surface area contributed by atoms with Crippen LogP contribution in [0.2, 0.25) is 0 Å². The lowest BCUT2D eigenvalue weighted by molar-refractivity contribution is -0.0469. The molecule has 3 atom stereocenters. The van der Waals surface area contributed by atoms with Gasteiger partial charge in [0.25, 0.3) is 0 Å². The Balaban J connectivity index is 1.75. The van der Waals surface area contributed by atoms with Crippen LogP contribution in [0.5, 0.6) is 0 Å². The zero-order valence-corrected chi connectivity index (χ0v) is 9.58. The fourth-order valence-corrected chi connectivity index (χ4v) is 3.67. The lowest BCUT2D eigenvalue weighted by atomic mass is 9.76. The van der Waals surface area contributed by atoms with Gasteiger partial charge in [0.15, 0.2) is 0 Å². The highest BCUT2D eigenvalue weighted by Crippen LogP contribution is 2.54. The molecule has 0 aromatic heterocycles. The van der Waals surface area contributed by atoms with E-state index in [1.54, 1.807) is 0 Å². The maximum Gasteiger partial charge on any atom is 0.0652 e. The van der Waals surface area contributed by atoms with E-state index in [0.29, 0.717) is 17.3 Å². The van der Waals surface area contributed by atoms with Gasteiger partial charge in [0.2, 0.25) is 0 Å². The van der Waals surface area contributed by atoms with Gasteiger partial charge >= 0.3 is 0 Å². The van der Waals surface area contributed by atoms with Crippen LogP contribution in [-0.4, -0.2) is 49.3 Å². The van der Waals surface area contributed by atoms with Crippen molar-refractivity contribution in [3.63, 3.8) is 0 Å². The van der Waals surface area contributed by atoms with Crippen molar-refractivity contribution in [2.45, 2.75) is 25.4 Å². The van der Waals surface area contributed by atoms with Crippen LogP contribution in [0, 0.1) is 17.3 Å². The summed E-state index contributed by atoms with van der Waals surface area (Å²) in [5.41, 5.74) is 0.292. The van der Waals surface area contributed by atoms with Crippen molar-refractivity contribution >= 4 is 0 Å². The summed E-state index contributed by atoms with van der Waals surface area (Å²) in [4.78, 5) is 2.43. The Bertz CT molecular complexity index is 246. The second-order valence-corrected chi connectivity index (χ2v) is 5.92. The van der Waals surface area contributed by atoms with Crippen molar-refractivity contribution in [3.05, 3.63) is 0 Å². The van der Waals surface area contributed by atoms with Crippen molar-refractivity contribution in [2.24, 2.45) is 17.3 Å². The Morgan fingerprint density at radius 2 is 2.20 bits per heavy atom. The number of hydrogen-bond donors (Lipinski definition) is 2. The normalized spacial score (nSPS) is 44.8. The molecule has 1 saturated carbocycles. The Labute approximate surface area is 91.8 Å². The van der Waals surface area contributed by atoms with Gasteiger partial charge in [0.05, 0.1) is 6.10 Å². The summed E-state index contributed by atoms with van der Waals surface area (Å²) >= 11 is 0. The fraction of sp³-hybridized carbons (Fsp3) is 1.00. The van der Waals surface area contributed by atoms with Crippen LogP contribution in [0.3, 0.4) is 0 Å². The monoisotopic (exact) mass is 210 g/mol. The zero-order valence-electron chi connectivity index (χ0n) is 9.58. The highest BCUT2D eigenvalue weighted by molar-refractivity contribution is 5.07. The predicted molar refractivity (Wildman–Crippen MR) is 59.6 cm³/mol. The number of aliphatic hydroxyl groups excluding tert-OH is 1. The van der Waals surface area contributed by atoms with Gasteiger partial charge in [-0.05, 0) is 45.3 Å². The van der Waals surface area contributed by atoms with E-state index in [2.05, 4.69) is 17.3 Å². The van der Waals surface area contributed by atoms with E-state index in [1.807, 2.05) is 0 Å². The van der Waals surface area contributed by atoms with Gasteiger partial charge in [-0.15, -0.1) is 0 Å². The summed E-state index contributed by atoms with van der Waals surface area (Å²) in [6, 6.07) is 0. The van der Waals surface area contributed by atoms with Gasteiger partial charge in [-0.2, -0.15) is 0 Å². The third-order valence-electron chi connectivity index (χ3n) is 4.74. The Kier molecular flexibility index (Phi) is 2.31. The molecule has 2 heterocycles. The first-order valence-corrected chi connectivity index (χ1v) is 6.29. The highest BCUT2D eigenvalue weighted by Gasteiger charge is 2.56. The van der Waals surface area contributed by atoms with E-state index >= 15 is 0 Å². The molecule has 3 rings (SSSR count). The summed E-state index contributed by atoms with van der Waals surface area (Å²) in [7, 11) is 2.21. The smallest absolute Gasteiger partial charge is 0.0652 e. The summed E-state index contributed by atoms with van der Waals surface area (Å²) < 4.78 is 0. The molecule has 3 unspecified atom stereocenters. The van der Waals surface area contributed by atoms with Crippen molar-refractivity contribution in [1.29, 1.82) is 0 Å². The summed E-state index contributed by atoms with van der Waals surface area (Å²) in [5, 5.41) is 13.9. The average Bonchev–Trinajstić information content (AvgIpc) is 2.79. The summed E-state index contributed by atoms with van der Waals surface area (Å²) in [6.45, 7) is 4.47. The molecule has 2 aliphatic heterocycles. The molecular formula is C12H22N2O. The van der Waals surface area contributed by atoms with Gasteiger partial charge in [0.1, 0.15) is 0 Å². The SMILES string of the molecule is CN1CC(C2CCNC2)C(O)C2(CC2)C1. The maximum absolute atomic E-state index is 10.5. The van der Waals surface area contributed by atoms with Crippen LogP contribution in [-0.2, 0) is 0 Å². The topological polar surface area (TPSA) is 35.5 Å². The first kappa shape index (κ1) is 10.1. The van der Waals surface area contributed by atoms with Gasteiger partial charge in [0, 0.05) is 24.4 Å². The summed E-state index contributed by atoms with van der Waals surface area (Å²) in [6.07, 6.45) is 3.72. The molecule has 0 amide bonds. The minimum Gasteiger partial charge on any atom is -0.392 e. The molecule has 15 heavy (non-hydrogen) atoms. The number of nitrogens with zero attached hydrogens (tertiary/aromatic N) is 1. The Morgan fingerprint density at radius 1 is 1.40 bits per heavy atom. The van der Waals surface area contributed by atoms with Crippen molar-refractivity contribution in [2.75, 3.05) is 33.2 Å². The zero-order chi connectivity index (χ0) is 10.5. The van der Waals surface area contributed by atoms with E-state index in [9.17, 15) is 5.11 Å². The number of piperidine rings is 1. The molecule has 86 valence electrons. The average molecular weight is 210 g/mol. The standard InChI is InChI=1S/C12H22N2O/c1-14-7-10(9-2-5-13-6-9)11(15)12(8-14)3-4-12/h9-11,13,15H,2-8H2,1H3. The summed E-state index contributed by atoms with van der Waals surface area (Å²) in [5.74, 6) is 1.22. The minimum atomic E-state index is -0.0291. The fourth-order valence-electron chi connectivity index (χ4n) is 3.67. The number of aliphatic hydroxyl groups is 1. The van der Waals surface area contributed by atoms with Gasteiger partial charge in [-0.3, -0.25) is 0 Å². The number of hydrogen-bond acceptors (Lipinski definition) is 3. The second kappa shape index (κ2) is 3.44. The molecule has 0 bridgehead atoms. The lowest BCUT2D eigenvalue weighted by Crippen LogP contribution is -2.51. The van der Waals surface area contributed by atoms with E-state index in [-0.39, 0.29) is 6.10 Å². The van der Waals surface area contributed by atoms with Crippen LogP contribution in [0.25, 0.3) is 0 Å². The largest absolute Gasteiger partial charge is 0.392 e. The third-order valence-corrected chi connectivity index (χ3v) is 4.74. The van der Waals surface area contributed by atoms with Crippen LogP contribution in [0.15, 0.2) is 0 Å². The Hall–Kier alpha value is -0.120. The van der Waals surface area contributed by atoms with Crippen molar-refractivity contribution in [3.8, 4) is 0 Å². The molecule has 3 fully saturated rings. The molecule has 1 aliphatic carbocycles. The van der Waals surface area contributed by atoms with E-state index in [4.69, 9.17) is 0 Å². The molecule has 2 saturated heterocycles. The molecular weight excluding hydrogens is 188 g/mol. The number of likely N-dealkylation sites (tertiary alicyclic amines) is 1. The lowest BCUT2D eigenvalue weighted by Gasteiger charge is -2.43. The van der Waals surface area contributed by atoms with Gasteiger partial charge in [-0.1, -0.05) is 0 Å². The van der Waals surface area contributed by atoms with Crippen LogP contribution in [0.1, 0.15) is 19.3 Å². The number of rotatable bonds is 1. The molecule has 0 radical (unpaired) electrons. The van der Waals surface area contributed by atoms with Crippen molar-refractivity contribution in [1.82, 2.24) is 10.2 Å². The van der Waals surface area contributed by atoms with Crippen LogP contribution in [0.4, 0.5) is 0 Å². The highest BCUT2D eigenvalue weighted by atomic mass is 16.3. The van der Waals surface area contributed by atoms with E-state index in [0.717, 1.165) is 26.2 Å². The van der Waals surface area contributed by atoms with E-state index in [1.165, 1.54) is 19.3 Å². The molecule has 2 N–H and O–H groups in total. The Morgan fingerprint density at radius 3 is 2.80 bits per heavy atom. The first-order valence-electron chi connectivity index (χ1n) is 6.29. The predicted octanol–water partition coefficient (Wildman–Crippen LogP) is 0.299. The molecule has 3 aliphatic rings. The van der Waals surface area contributed by atoms with Gasteiger partial charge < -0.3 is 15.3 Å². The van der Waals surface area contributed by atoms with Gasteiger partial charge in [-0.25, -0.2) is 0 Å². The minimum absolute atomic E-state index is 0.0291. The van der Waals surface area contributed by atoms with E-state index < -0.39 is 0 Å². The van der Waals surface area contributed by atoms with Crippen LogP contribution < -0.4 is 5.32 Å². The van der Waals surface area contributed by atoms with Crippen molar-refractivity contribution < 1.29 is 5.11 Å². The quantitative estimate of drug-likeness (QED) is 0.653. The molecule has 0 aromatic carbocycles.